The predicted molar refractivity (Wildman–Crippen MR) is 112 cm³/mol. The summed E-state index contributed by atoms with van der Waals surface area (Å²) in [7, 11) is 0. The van der Waals surface area contributed by atoms with Crippen molar-refractivity contribution in [2.45, 2.75) is 19.4 Å². The summed E-state index contributed by atoms with van der Waals surface area (Å²) in [5, 5.41) is 8.08. The number of hydrogen-bond donors (Lipinski definition) is 2. The smallest absolute Gasteiger partial charge is 0.251 e. The maximum Gasteiger partial charge on any atom is 0.251 e. The molecule has 0 saturated carbocycles. The second kappa shape index (κ2) is 8.82. The molecule has 5 heteroatoms. The molecule has 138 valence electrons. The Morgan fingerprint density at radius 3 is 2.44 bits per heavy atom. The summed E-state index contributed by atoms with van der Waals surface area (Å²) < 4.78 is 0.917. The lowest BCUT2D eigenvalue weighted by Gasteiger charge is -2.17. The van der Waals surface area contributed by atoms with Crippen LogP contribution in [0.3, 0.4) is 0 Å². The van der Waals surface area contributed by atoms with E-state index in [0.29, 0.717) is 12.1 Å². The first-order valence-corrected chi connectivity index (χ1v) is 9.64. The third-order valence-corrected chi connectivity index (χ3v) is 4.94. The minimum absolute atomic E-state index is 0.0912. The van der Waals surface area contributed by atoms with Crippen molar-refractivity contribution < 1.29 is 9.59 Å². The molecule has 2 amide bonds. The Morgan fingerprint density at radius 1 is 0.963 bits per heavy atom. The van der Waals surface area contributed by atoms with E-state index in [4.69, 9.17) is 0 Å². The van der Waals surface area contributed by atoms with Crippen LogP contribution in [0.1, 0.15) is 35.3 Å². The van der Waals surface area contributed by atoms with E-state index in [1.165, 1.54) is 0 Å². The van der Waals surface area contributed by atoms with Gasteiger partial charge in [0.2, 0.25) is 5.91 Å². The molecule has 4 nitrogen and oxygen atoms in total. The van der Waals surface area contributed by atoms with Crippen LogP contribution in [0.15, 0.2) is 71.2 Å². The Bertz CT molecular complexity index is 949. The number of fused-ring (bicyclic) bond motifs is 1. The second-order valence-electron chi connectivity index (χ2n) is 6.37. The molecule has 3 aromatic rings. The van der Waals surface area contributed by atoms with Gasteiger partial charge in [0.25, 0.3) is 5.91 Å². The third kappa shape index (κ3) is 4.95. The quantitative estimate of drug-likeness (QED) is 0.607. The summed E-state index contributed by atoms with van der Waals surface area (Å²) in [6, 6.07) is 21.2. The second-order valence-corrected chi connectivity index (χ2v) is 7.29. The molecule has 0 aliphatic carbocycles. The standard InChI is InChI=1S/C22H21BrN2O2/c1-15(19-8-4-6-16-5-2-3-7-20(16)19)25-21(26)13-14-24-22(27)17-9-11-18(23)12-10-17/h2-12,15H,13-14H2,1H3,(H,24,27)(H,25,26)/t15-/m0/s1. The van der Waals surface area contributed by atoms with Crippen LogP contribution in [0, 0.1) is 0 Å². The average molecular weight is 425 g/mol. The van der Waals surface area contributed by atoms with Crippen LogP contribution >= 0.6 is 15.9 Å². The molecule has 0 aliphatic heterocycles. The molecule has 2 N–H and O–H groups in total. The lowest BCUT2D eigenvalue weighted by atomic mass is 9.99. The number of carbonyl (C=O) groups is 2. The molecule has 0 bridgehead atoms. The van der Waals surface area contributed by atoms with E-state index in [1.54, 1.807) is 12.1 Å². The summed E-state index contributed by atoms with van der Waals surface area (Å²) in [4.78, 5) is 24.3. The average Bonchev–Trinajstić information content (AvgIpc) is 2.68. The maximum atomic E-state index is 12.3. The van der Waals surface area contributed by atoms with Gasteiger partial charge in [0.15, 0.2) is 0 Å². The lowest BCUT2D eigenvalue weighted by Crippen LogP contribution is -2.32. The Balaban J connectivity index is 1.53. The van der Waals surface area contributed by atoms with Crippen LogP contribution in [-0.4, -0.2) is 18.4 Å². The highest BCUT2D eigenvalue weighted by molar-refractivity contribution is 9.10. The first-order chi connectivity index (χ1) is 13.0. The SMILES string of the molecule is C[C@H](NC(=O)CCNC(=O)c1ccc(Br)cc1)c1cccc2ccccc12. The zero-order chi connectivity index (χ0) is 19.2. The van der Waals surface area contributed by atoms with E-state index in [1.807, 2.05) is 43.3 Å². The van der Waals surface area contributed by atoms with Crippen LogP contribution in [0.4, 0.5) is 0 Å². The number of rotatable bonds is 6. The normalized spacial score (nSPS) is 11.8. The van der Waals surface area contributed by atoms with E-state index < -0.39 is 0 Å². The van der Waals surface area contributed by atoms with Gasteiger partial charge >= 0.3 is 0 Å². The number of amides is 2. The number of hydrogen-bond acceptors (Lipinski definition) is 2. The Morgan fingerprint density at radius 2 is 1.67 bits per heavy atom. The minimum Gasteiger partial charge on any atom is -0.352 e. The van der Waals surface area contributed by atoms with E-state index in [-0.39, 0.29) is 24.3 Å². The van der Waals surface area contributed by atoms with Gasteiger partial charge in [-0.25, -0.2) is 0 Å². The number of carbonyl (C=O) groups excluding carboxylic acids is 2. The van der Waals surface area contributed by atoms with Crippen LogP contribution in [0.25, 0.3) is 10.8 Å². The molecular weight excluding hydrogens is 404 g/mol. The fourth-order valence-electron chi connectivity index (χ4n) is 3.01. The van der Waals surface area contributed by atoms with Gasteiger partial charge in [-0.2, -0.15) is 0 Å². The number of halogens is 1. The van der Waals surface area contributed by atoms with E-state index >= 15 is 0 Å². The highest BCUT2D eigenvalue weighted by Gasteiger charge is 2.12. The summed E-state index contributed by atoms with van der Waals surface area (Å²) in [5.74, 6) is -0.274. The summed E-state index contributed by atoms with van der Waals surface area (Å²) in [6.45, 7) is 2.27. The molecule has 1 atom stereocenters. The third-order valence-electron chi connectivity index (χ3n) is 4.41. The predicted octanol–water partition coefficient (Wildman–Crippen LogP) is 4.60. The van der Waals surface area contributed by atoms with Crippen molar-refractivity contribution in [3.05, 3.63) is 82.3 Å². The van der Waals surface area contributed by atoms with Crippen molar-refractivity contribution in [2.24, 2.45) is 0 Å². The molecular formula is C22H21BrN2O2. The molecule has 0 fully saturated rings. The lowest BCUT2D eigenvalue weighted by molar-refractivity contribution is -0.121. The highest BCUT2D eigenvalue weighted by atomic mass is 79.9. The van der Waals surface area contributed by atoms with Gasteiger partial charge in [-0.05, 0) is 47.5 Å². The van der Waals surface area contributed by atoms with Gasteiger partial charge in [-0.3, -0.25) is 9.59 Å². The fourth-order valence-corrected chi connectivity index (χ4v) is 3.28. The number of benzene rings is 3. The molecule has 0 saturated heterocycles. The molecule has 3 rings (SSSR count). The van der Waals surface area contributed by atoms with E-state index in [2.05, 4.69) is 44.8 Å². The molecule has 0 radical (unpaired) electrons. The van der Waals surface area contributed by atoms with Crippen LogP contribution in [0.5, 0.6) is 0 Å². The zero-order valence-electron chi connectivity index (χ0n) is 15.0. The molecule has 0 heterocycles. The van der Waals surface area contributed by atoms with Crippen molar-refractivity contribution >= 4 is 38.5 Å². The van der Waals surface area contributed by atoms with Crippen molar-refractivity contribution in [3.63, 3.8) is 0 Å². The van der Waals surface area contributed by atoms with Gasteiger partial charge in [0, 0.05) is 23.0 Å². The van der Waals surface area contributed by atoms with Crippen molar-refractivity contribution in [2.75, 3.05) is 6.54 Å². The molecule has 27 heavy (non-hydrogen) atoms. The topological polar surface area (TPSA) is 58.2 Å². The first kappa shape index (κ1) is 19.1. The molecule has 0 unspecified atom stereocenters. The van der Waals surface area contributed by atoms with Gasteiger partial charge in [0.05, 0.1) is 6.04 Å². The van der Waals surface area contributed by atoms with Crippen molar-refractivity contribution in [3.8, 4) is 0 Å². The Labute approximate surface area is 167 Å². The van der Waals surface area contributed by atoms with E-state index in [0.717, 1.165) is 20.8 Å². The van der Waals surface area contributed by atoms with Gasteiger partial charge < -0.3 is 10.6 Å². The molecule has 0 aromatic heterocycles. The Hall–Kier alpha value is -2.66. The van der Waals surface area contributed by atoms with Crippen LogP contribution < -0.4 is 10.6 Å². The summed E-state index contributed by atoms with van der Waals surface area (Å²) >= 11 is 3.34. The fraction of sp³-hybridized carbons (Fsp3) is 0.182. The molecule has 3 aromatic carbocycles. The summed E-state index contributed by atoms with van der Waals surface area (Å²) in [5.41, 5.74) is 1.66. The monoisotopic (exact) mass is 424 g/mol. The maximum absolute atomic E-state index is 12.3. The van der Waals surface area contributed by atoms with Gasteiger partial charge in [-0.1, -0.05) is 58.4 Å². The number of nitrogens with one attached hydrogen (secondary N) is 2. The highest BCUT2D eigenvalue weighted by Crippen LogP contribution is 2.24. The van der Waals surface area contributed by atoms with Crippen LogP contribution in [0.2, 0.25) is 0 Å². The van der Waals surface area contributed by atoms with Crippen LogP contribution in [-0.2, 0) is 4.79 Å². The summed E-state index contributed by atoms with van der Waals surface area (Å²) in [6.07, 6.45) is 0.234. The van der Waals surface area contributed by atoms with Gasteiger partial charge in [-0.15, -0.1) is 0 Å². The first-order valence-electron chi connectivity index (χ1n) is 8.85. The Kier molecular flexibility index (Phi) is 6.24. The molecule has 0 spiro atoms. The van der Waals surface area contributed by atoms with Gasteiger partial charge in [0.1, 0.15) is 0 Å². The van der Waals surface area contributed by atoms with Crippen molar-refractivity contribution in [1.82, 2.24) is 10.6 Å². The van der Waals surface area contributed by atoms with E-state index in [9.17, 15) is 9.59 Å². The minimum atomic E-state index is -0.183. The zero-order valence-corrected chi connectivity index (χ0v) is 16.6. The largest absolute Gasteiger partial charge is 0.352 e. The molecule has 0 aliphatic rings. The van der Waals surface area contributed by atoms with Crippen molar-refractivity contribution in [1.29, 1.82) is 0 Å².